The lowest BCUT2D eigenvalue weighted by atomic mass is 10.0. The Morgan fingerprint density at radius 2 is 1.65 bits per heavy atom. The molecule has 1 heterocycles. The van der Waals surface area contributed by atoms with Crippen LogP contribution in [0.1, 0.15) is 46.8 Å². The van der Waals surface area contributed by atoms with E-state index in [0.29, 0.717) is 18.8 Å². The number of hydrogen-bond donors (Lipinski definition) is 1. The Labute approximate surface area is 183 Å². The molecule has 0 saturated carbocycles. The summed E-state index contributed by atoms with van der Waals surface area (Å²) >= 11 is 0. The lowest BCUT2D eigenvalue weighted by Gasteiger charge is -2.18. The van der Waals surface area contributed by atoms with E-state index in [2.05, 4.69) is 5.32 Å². The van der Waals surface area contributed by atoms with Gasteiger partial charge in [0.25, 0.3) is 5.91 Å². The molecule has 31 heavy (non-hydrogen) atoms. The van der Waals surface area contributed by atoms with E-state index < -0.39 is 28.0 Å². The van der Waals surface area contributed by atoms with Gasteiger partial charge in [0, 0.05) is 18.8 Å². The molecule has 1 atom stereocenters. The SMILES string of the molecule is Cc1cc(C)c(NC(=O)C(C)OC(=O)c2cccc(S(=O)(=O)N3CCCC3)c2)c(C)c1. The van der Waals surface area contributed by atoms with E-state index in [0.717, 1.165) is 29.5 Å². The average molecular weight is 445 g/mol. The third-order valence-electron chi connectivity index (χ3n) is 5.35. The Kier molecular flexibility index (Phi) is 6.81. The van der Waals surface area contributed by atoms with Crippen LogP contribution in [0, 0.1) is 20.8 Å². The summed E-state index contributed by atoms with van der Waals surface area (Å²) in [5, 5.41) is 2.82. The average Bonchev–Trinajstić information content (AvgIpc) is 3.26. The first kappa shape index (κ1) is 23.0. The van der Waals surface area contributed by atoms with E-state index in [9.17, 15) is 18.0 Å². The molecular formula is C23H28N2O5S. The van der Waals surface area contributed by atoms with Crippen LogP contribution in [-0.2, 0) is 19.6 Å². The molecule has 1 saturated heterocycles. The number of benzene rings is 2. The fraction of sp³-hybridized carbons (Fsp3) is 0.391. The maximum absolute atomic E-state index is 12.7. The first-order valence-corrected chi connectivity index (χ1v) is 11.7. The van der Waals surface area contributed by atoms with E-state index >= 15 is 0 Å². The summed E-state index contributed by atoms with van der Waals surface area (Å²) < 4.78 is 32.2. The van der Waals surface area contributed by atoms with Gasteiger partial charge < -0.3 is 10.1 Å². The van der Waals surface area contributed by atoms with Crippen molar-refractivity contribution in [3.8, 4) is 0 Å². The summed E-state index contributed by atoms with van der Waals surface area (Å²) in [5.74, 6) is -1.21. The molecule has 0 aromatic heterocycles. The standard InChI is InChI=1S/C23H28N2O5S/c1-15-12-16(2)21(17(3)13-15)24-22(26)18(4)30-23(27)19-8-7-9-20(14-19)31(28,29)25-10-5-6-11-25/h7-9,12-14,18H,5-6,10-11H2,1-4H3,(H,24,26). The highest BCUT2D eigenvalue weighted by molar-refractivity contribution is 7.89. The highest BCUT2D eigenvalue weighted by Crippen LogP contribution is 2.23. The summed E-state index contributed by atoms with van der Waals surface area (Å²) in [5.41, 5.74) is 3.71. The van der Waals surface area contributed by atoms with Crippen molar-refractivity contribution in [1.29, 1.82) is 0 Å². The van der Waals surface area contributed by atoms with Crippen LogP contribution in [0.3, 0.4) is 0 Å². The minimum absolute atomic E-state index is 0.0480. The van der Waals surface area contributed by atoms with E-state index in [1.807, 2.05) is 32.9 Å². The van der Waals surface area contributed by atoms with Crippen molar-refractivity contribution in [2.75, 3.05) is 18.4 Å². The molecule has 3 rings (SSSR count). The van der Waals surface area contributed by atoms with Crippen LogP contribution in [0.15, 0.2) is 41.3 Å². The van der Waals surface area contributed by atoms with Crippen molar-refractivity contribution in [3.05, 3.63) is 58.7 Å². The summed E-state index contributed by atoms with van der Waals surface area (Å²) in [6, 6.07) is 9.67. The first-order valence-electron chi connectivity index (χ1n) is 10.3. The van der Waals surface area contributed by atoms with Gasteiger partial charge in [-0.05, 0) is 69.9 Å². The van der Waals surface area contributed by atoms with Crippen molar-refractivity contribution >= 4 is 27.6 Å². The first-order chi connectivity index (χ1) is 14.6. The van der Waals surface area contributed by atoms with E-state index in [1.54, 1.807) is 0 Å². The molecule has 1 fully saturated rings. The van der Waals surface area contributed by atoms with Crippen molar-refractivity contribution in [2.45, 2.75) is 51.5 Å². The highest BCUT2D eigenvalue weighted by Gasteiger charge is 2.28. The number of rotatable bonds is 6. The molecule has 0 aliphatic carbocycles. The third kappa shape index (κ3) is 5.14. The minimum atomic E-state index is -3.65. The zero-order valence-corrected chi connectivity index (χ0v) is 19.1. The Balaban J connectivity index is 1.71. The van der Waals surface area contributed by atoms with Crippen LogP contribution >= 0.6 is 0 Å². The predicted molar refractivity (Wildman–Crippen MR) is 119 cm³/mol. The summed E-state index contributed by atoms with van der Waals surface area (Å²) in [6.07, 6.45) is 0.604. The molecule has 0 radical (unpaired) electrons. The Bertz CT molecular complexity index is 1080. The summed E-state index contributed by atoms with van der Waals surface area (Å²) in [7, 11) is -3.65. The minimum Gasteiger partial charge on any atom is -0.449 e. The maximum atomic E-state index is 12.7. The van der Waals surface area contributed by atoms with E-state index in [-0.39, 0.29) is 10.5 Å². The second kappa shape index (κ2) is 9.20. The number of esters is 1. The number of ether oxygens (including phenoxy) is 1. The van der Waals surface area contributed by atoms with Crippen molar-refractivity contribution in [1.82, 2.24) is 4.31 Å². The second-order valence-corrected chi connectivity index (χ2v) is 9.89. The molecular weight excluding hydrogens is 416 g/mol. The number of nitrogens with one attached hydrogen (secondary N) is 1. The fourth-order valence-corrected chi connectivity index (χ4v) is 5.31. The van der Waals surface area contributed by atoms with Gasteiger partial charge in [-0.15, -0.1) is 0 Å². The number of carbonyl (C=O) groups excluding carboxylic acids is 2. The number of amides is 1. The molecule has 2 aromatic carbocycles. The maximum Gasteiger partial charge on any atom is 0.338 e. The number of carbonyl (C=O) groups is 2. The lowest BCUT2D eigenvalue weighted by Crippen LogP contribution is -2.31. The molecule has 1 amide bonds. The van der Waals surface area contributed by atoms with Crippen molar-refractivity contribution in [2.24, 2.45) is 0 Å². The number of sulfonamides is 1. The van der Waals surface area contributed by atoms with E-state index in [1.165, 1.54) is 35.5 Å². The Hall–Kier alpha value is -2.71. The molecule has 8 heteroatoms. The smallest absolute Gasteiger partial charge is 0.338 e. The highest BCUT2D eigenvalue weighted by atomic mass is 32.2. The Morgan fingerprint density at radius 1 is 1.03 bits per heavy atom. The van der Waals surface area contributed by atoms with Gasteiger partial charge in [0.05, 0.1) is 10.5 Å². The van der Waals surface area contributed by atoms with Crippen LogP contribution in [0.25, 0.3) is 0 Å². The monoisotopic (exact) mass is 444 g/mol. The molecule has 1 unspecified atom stereocenters. The zero-order valence-electron chi connectivity index (χ0n) is 18.3. The van der Waals surface area contributed by atoms with Crippen LogP contribution in [-0.4, -0.2) is 43.8 Å². The number of nitrogens with zero attached hydrogens (tertiary/aromatic N) is 1. The molecule has 166 valence electrons. The van der Waals surface area contributed by atoms with Crippen LogP contribution in [0.4, 0.5) is 5.69 Å². The van der Waals surface area contributed by atoms with Crippen molar-refractivity contribution < 1.29 is 22.7 Å². The topological polar surface area (TPSA) is 92.8 Å². The third-order valence-corrected chi connectivity index (χ3v) is 7.25. The van der Waals surface area contributed by atoms with Crippen LogP contribution in [0.5, 0.6) is 0 Å². The normalized spacial score (nSPS) is 15.5. The molecule has 2 aromatic rings. The Morgan fingerprint density at radius 3 is 2.26 bits per heavy atom. The van der Waals surface area contributed by atoms with Gasteiger partial charge in [-0.25, -0.2) is 13.2 Å². The predicted octanol–water partition coefficient (Wildman–Crippen LogP) is 3.58. The fourth-order valence-electron chi connectivity index (χ4n) is 3.75. The summed E-state index contributed by atoms with van der Waals surface area (Å²) in [4.78, 5) is 25.2. The van der Waals surface area contributed by atoms with Gasteiger partial charge in [0.15, 0.2) is 6.10 Å². The second-order valence-electron chi connectivity index (χ2n) is 7.95. The lowest BCUT2D eigenvalue weighted by molar-refractivity contribution is -0.123. The molecule has 1 aliphatic heterocycles. The molecule has 7 nitrogen and oxygen atoms in total. The molecule has 1 aliphatic rings. The van der Waals surface area contributed by atoms with E-state index in [4.69, 9.17) is 4.74 Å². The zero-order chi connectivity index (χ0) is 22.8. The molecule has 0 spiro atoms. The van der Waals surface area contributed by atoms with Gasteiger partial charge in [-0.3, -0.25) is 4.79 Å². The van der Waals surface area contributed by atoms with Gasteiger partial charge in [-0.2, -0.15) is 4.31 Å². The van der Waals surface area contributed by atoms with Crippen molar-refractivity contribution in [3.63, 3.8) is 0 Å². The number of anilines is 1. The van der Waals surface area contributed by atoms with Crippen LogP contribution < -0.4 is 5.32 Å². The largest absolute Gasteiger partial charge is 0.449 e. The number of hydrogen-bond acceptors (Lipinski definition) is 5. The van der Waals surface area contributed by atoms with Gasteiger partial charge in [0.2, 0.25) is 10.0 Å². The number of aryl methyl sites for hydroxylation is 3. The van der Waals surface area contributed by atoms with Gasteiger partial charge in [0.1, 0.15) is 0 Å². The quantitative estimate of drug-likeness (QED) is 0.688. The molecule has 0 bridgehead atoms. The van der Waals surface area contributed by atoms with Gasteiger partial charge in [-0.1, -0.05) is 23.8 Å². The summed E-state index contributed by atoms with van der Waals surface area (Å²) in [6.45, 7) is 8.22. The van der Waals surface area contributed by atoms with Gasteiger partial charge >= 0.3 is 5.97 Å². The molecule has 1 N–H and O–H groups in total. The van der Waals surface area contributed by atoms with Crippen LogP contribution in [0.2, 0.25) is 0 Å².